The molecule has 0 radical (unpaired) electrons. The van der Waals surface area contributed by atoms with Crippen molar-refractivity contribution >= 4 is 27.6 Å². The molecular weight excluding hydrogens is 399 g/mol. The van der Waals surface area contributed by atoms with Crippen molar-refractivity contribution < 1.29 is 27.1 Å². The van der Waals surface area contributed by atoms with E-state index in [1.807, 2.05) is 0 Å². The lowest BCUT2D eigenvalue weighted by molar-refractivity contribution is -0.119. The maximum atomic E-state index is 13.6. The first kappa shape index (κ1) is 22.5. The van der Waals surface area contributed by atoms with E-state index >= 15 is 0 Å². The standard InChI is InChI=1S/C20H23FN2O5S/c1-4-23(5-2)29(26,27)15-11-10-14(3)16(12-15)20(25)28-13-19(24)22-18-9-7-6-8-17(18)21/h6-12H,4-5,13H2,1-3H3,(H,22,24). The molecule has 2 aromatic carbocycles. The number of nitrogens with one attached hydrogen (secondary N) is 1. The highest BCUT2D eigenvalue weighted by molar-refractivity contribution is 7.89. The number of hydrogen-bond donors (Lipinski definition) is 1. The Kier molecular flexibility index (Phi) is 7.46. The molecule has 9 heteroatoms. The van der Waals surface area contributed by atoms with Crippen molar-refractivity contribution in [3.8, 4) is 0 Å². The van der Waals surface area contributed by atoms with Gasteiger partial charge in [0.2, 0.25) is 10.0 Å². The fourth-order valence-corrected chi connectivity index (χ4v) is 4.14. The molecule has 1 amide bonds. The lowest BCUT2D eigenvalue weighted by atomic mass is 10.1. The van der Waals surface area contributed by atoms with Gasteiger partial charge in [0.15, 0.2) is 6.61 Å². The molecule has 0 heterocycles. The molecule has 1 N–H and O–H groups in total. The number of aryl methyl sites for hydroxylation is 1. The summed E-state index contributed by atoms with van der Waals surface area (Å²) in [6, 6.07) is 9.76. The van der Waals surface area contributed by atoms with Crippen molar-refractivity contribution in [1.29, 1.82) is 0 Å². The number of carbonyl (C=O) groups excluding carboxylic acids is 2. The molecule has 0 aliphatic carbocycles. The summed E-state index contributed by atoms with van der Waals surface area (Å²) in [5, 5.41) is 2.30. The van der Waals surface area contributed by atoms with Gasteiger partial charge in [-0.3, -0.25) is 4.79 Å². The van der Waals surface area contributed by atoms with Crippen LogP contribution in [0.1, 0.15) is 29.8 Å². The Labute approximate surface area is 169 Å². The van der Waals surface area contributed by atoms with E-state index < -0.39 is 34.3 Å². The van der Waals surface area contributed by atoms with E-state index in [2.05, 4.69) is 5.32 Å². The summed E-state index contributed by atoms with van der Waals surface area (Å²) in [4.78, 5) is 24.3. The van der Waals surface area contributed by atoms with Gasteiger partial charge < -0.3 is 10.1 Å². The smallest absolute Gasteiger partial charge is 0.338 e. The van der Waals surface area contributed by atoms with Crippen molar-refractivity contribution in [2.24, 2.45) is 0 Å². The highest BCUT2D eigenvalue weighted by Crippen LogP contribution is 2.20. The summed E-state index contributed by atoms with van der Waals surface area (Å²) < 4.78 is 45.1. The molecule has 2 rings (SSSR count). The monoisotopic (exact) mass is 422 g/mol. The van der Waals surface area contributed by atoms with Crippen molar-refractivity contribution in [1.82, 2.24) is 4.31 Å². The largest absolute Gasteiger partial charge is 0.452 e. The molecule has 0 bridgehead atoms. The molecular formula is C20H23FN2O5S. The molecule has 0 saturated carbocycles. The van der Waals surface area contributed by atoms with Crippen molar-refractivity contribution in [2.45, 2.75) is 25.7 Å². The third kappa shape index (κ3) is 5.39. The number of anilines is 1. The first-order chi connectivity index (χ1) is 13.7. The Morgan fingerprint density at radius 2 is 1.76 bits per heavy atom. The predicted octanol–water partition coefficient (Wildman–Crippen LogP) is 2.96. The van der Waals surface area contributed by atoms with E-state index in [1.54, 1.807) is 26.8 Å². The van der Waals surface area contributed by atoms with Gasteiger partial charge in [0, 0.05) is 13.1 Å². The molecule has 0 aliphatic rings. The summed E-state index contributed by atoms with van der Waals surface area (Å²) in [5.41, 5.74) is 0.511. The SMILES string of the molecule is CCN(CC)S(=O)(=O)c1ccc(C)c(C(=O)OCC(=O)Nc2ccccc2F)c1. The van der Waals surface area contributed by atoms with E-state index in [0.29, 0.717) is 18.7 Å². The third-order valence-electron chi connectivity index (χ3n) is 4.25. The Morgan fingerprint density at radius 3 is 2.38 bits per heavy atom. The van der Waals surface area contributed by atoms with Crippen LogP contribution in [0.5, 0.6) is 0 Å². The van der Waals surface area contributed by atoms with Crippen LogP contribution in [0.4, 0.5) is 10.1 Å². The number of amides is 1. The van der Waals surface area contributed by atoms with Crippen molar-refractivity contribution in [2.75, 3.05) is 25.0 Å². The van der Waals surface area contributed by atoms with Crippen molar-refractivity contribution in [3.05, 3.63) is 59.4 Å². The van der Waals surface area contributed by atoms with Crippen LogP contribution in [-0.2, 0) is 19.6 Å². The second kappa shape index (κ2) is 9.62. The fraction of sp³-hybridized carbons (Fsp3) is 0.300. The molecule has 0 aromatic heterocycles. The topological polar surface area (TPSA) is 92.8 Å². The third-order valence-corrected chi connectivity index (χ3v) is 6.30. The van der Waals surface area contributed by atoms with Gasteiger partial charge in [-0.1, -0.05) is 32.0 Å². The zero-order valence-corrected chi connectivity index (χ0v) is 17.3. The van der Waals surface area contributed by atoms with Crippen LogP contribution < -0.4 is 5.32 Å². The molecule has 2 aromatic rings. The van der Waals surface area contributed by atoms with Crippen LogP contribution in [0.2, 0.25) is 0 Å². The van der Waals surface area contributed by atoms with Gasteiger partial charge in [0.25, 0.3) is 5.91 Å². The molecule has 0 saturated heterocycles. The number of ether oxygens (including phenoxy) is 1. The second-order valence-corrected chi connectivity index (χ2v) is 8.11. The van der Waals surface area contributed by atoms with Gasteiger partial charge in [-0.25, -0.2) is 17.6 Å². The zero-order valence-electron chi connectivity index (χ0n) is 16.4. The number of para-hydroxylation sites is 1. The highest BCUT2D eigenvalue weighted by atomic mass is 32.2. The van der Waals surface area contributed by atoms with Crippen LogP contribution in [0.3, 0.4) is 0 Å². The normalized spacial score (nSPS) is 11.3. The van der Waals surface area contributed by atoms with Crippen LogP contribution in [0, 0.1) is 12.7 Å². The van der Waals surface area contributed by atoms with Gasteiger partial charge in [-0.05, 0) is 36.8 Å². The second-order valence-electron chi connectivity index (χ2n) is 6.17. The Morgan fingerprint density at radius 1 is 1.10 bits per heavy atom. The molecule has 29 heavy (non-hydrogen) atoms. The van der Waals surface area contributed by atoms with Crippen LogP contribution >= 0.6 is 0 Å². The van der Waals surface area contributed by atoms with Gasteiger partial charge in [0.05, 0.1) is 16.1 Å². The lowest BCUT2D eigenvalue weighted by Gasteiger charge is -2.19. The summed E-state index contributed by atoms with van der Waals surface area (Å²) >= 11 is 0. The first-order valence-corrected chi connectivity index (χ1v) is 10.5. The van der Waals surface area contributed by atoms with E-state index in [1.165, 1.54) is 40.7 Å². The minimum atomic E-state index is -3.75. The number of hydrogen-bond acceptors (Lipinski definition) is 5. The molecule has 0 fully saturated rings. The highest BCUT2D eigenvalue weighted by Gasteiger charge is 2.24. The van der Waals surface area contributed by atoms with Gasteiger partial charge in [-0.2, -0.15) is 4.31 Å². The van der Waals surface area contributed by atoms with Crippen molar-refractivity contribution in [3.63, 3.8) is 0 Å². The molecule has 0 aliphatic heterocycles. The number of esters is 1. The fourth-order valence-electron chi connectivity index (χ4n) is 2.65. The average Bonchev–Trinajstić information content (AvgIpc) is 2.69. The minimum Gasteiger partial charge on any atom is -0.452 e. The minimum absolute atomic E-state index is 0.0305. The maximum Gasteiger partial charge on any atom is 0.338 e. The number of rotatable bonds is 8. The van der Waals surface area contributed by atoms with Gasteiger partial charge in [-0.15, -0.1) is 0 Å². The quantitative estimate of drug-likeness (QED) is 0.661. The van der Waals surface area contributed by atoms with Crippen LogP contribution in [0.25, 0.3) is 0 Å². The van der Waals surface area contributed by atoms with Crippen LogP contribution in [-0.4, -0.2) is 44.3 Å². The zero-order chi connectivity index (χ0) is 21.6. The summed E-state index contributed by atoms with van der Waals surface area (Å²) in [7, 11) is -3.75. The summed E-state index contributed by atoms with van der Waals surface area (Å²) in [6.07, 6.45) is 0. The Balaban J connectivity index is 2.13. The first-order valence-electron chi connectivity index (χ1n) is 9.03. The maximum absolute atomic E-state index is 13.6. The summed E-state index contributed by atoms with van der Waals surface area (Å²) in [6.45, 7) is 5.02. The Hall–Kier alpha value is -2.78. The number of halogens is 1. The summed E-state index contributed by atoms with van der Waals surface area (Å²) in [5.74, 6) is -2.17. The number of carbonyl (C=O) groups is 2. The molecule has 0 spiro atoms. The predicted molar refractivity (Wildman–Crippen MR) is 107 cm³/mol. The molecule has 156 valence electrons. The Bertz CT molecular complexity index is 1000. The molecule has 0 unspecified atom stereocenters. The number of benzene rings is 2. The van der Waals surface area contributed by atoms with Crippen LogP contribution in [0.15, 0.2) is 47.4 Å². The molecule has 0 atom stereocenters. The number of sulfonamides is 1. The number of nitrogens with zero attached hydrogens (tertiary/aromatic N) is 1. The molecule has 7 nitrogen and oxygen atoms in total. The average molecular weight is 422 g/mol. The van der Waals surface area contributed by atoms with E-state index in [0.717, 1.165) is 0 Å². The van der Waals surface area contributed by atoms with Gasteiger partial charge in [0.1, 0.15) is 5.82 Å². The lowest BCUT2D eigenvalue weighted by Crippen LogP contribution is -2.30. The van der Waals surface area contributed by atoms with E-state index in [9.17, 15) is 22.4 Å². The van der Waals surface area contributed by atoms with E-state index in [4.69, 9.17) is 4.74 Å². The van der Waals surface area contributed by atoms with E-state index in [-0.39, 0.29) is 16.1 Å². The van der Waals surface area contributed by atoms with Gasteiger partial charge >= 0.3 is 5.97 Å².